The zero-order valence-corrected chi connectivity index (χ0v) is 12.4. The van der Waals surface area contributed by atoms with Crippen LogP contribution in [0.2, 0.25) is 5.02 Å². The van der Waals surface area contributed by atoms with Gasteiger partial charge in [-0.1, -0.05) is 11.6 Å². The topological polar surface area (TPSA) is 37.8 Å². The Kier molecular flexibility index (Phi) is 3.49. The highest BCUT2D eigenvalue weighted by Gasteiger charge is 2.22. The lowest BCUT2D eigenvalue weighted by atomic mass is 10.1. The summed E-state index contributed by atoms with van der Waals surface area (Å²) in [6.07, 6.45) is 1.64. The number of halogens is 2. The molecule has 3 rings (SSSR count). The molecule has 2 heterocycles. The van der Waals surface area contributed by atoms with Crippen molar-refractivity contribution in [2.45, 2.75) is 18.9 Å². The van der Waals surface area contributed by atoms with E-state index < -0.39 is 16.6 Å². The van der Waals surface area contributed by atoms with Gasteiger partial charge in [0, 0.05) is 34.4 Å². The van der Waals surface area contributed by atoms with Gasteiger partial charge in [0.2, 0.25) is 0 Å². The van der Waals surface area contributed by atoms with E-state index in [0.29, 0.717) is 21.8 Å². The van der Waals surface area contributed by atoms with Crippen molar-refractivity contribution in [3.05, 3.63) is 27.7 Å². The molecule has 0 saturated carbocycles. The molecule has 102 valence electrons. The molecule has 1 aromatic heterocycles. The van der Waals surface area contributed by atoms with Crippen LogP contribution in [0.15, 0.2) is 12.1 Å². The Labute approximate surface area is 122 Å². The van der Waals surface area contributed by atoms with Crippen molar-refractivity contribution in [3.63, 3.8) is 0 Å². The number of rotatable bonds is 1. The summed E-state index contributed by atoms with van der Waals surface area (Å²) in [7, 11) is -0.715. The van der Waals surface area contributed by atoms with Crippen LogP contribution in [-0.4, -0.2) is 25.3 Å². The van der Waals surface area contributed by atoms with Crippen molar-refractivity contribution in [1.29, 1.82) is 0 Å². The fraction of sp³-hybridized carbons (Fsp3) is 0.417. The maximum absolute atomic E-state index is 13.4. The number of aromatic amines is 1. The molecular formula is C12H12ClFN2OS2. The van der Waals surface area contributed by atoms with E-state index in [4.69, 9.17) is 23.8 Å². The second-order valence-corrected chi connectivity index (χ2v) is 7.15. The lowest BCUT2D eigenvalue weighted by Crippen LogP contribution is -2.21. The van der Waals surface area contributed by atoms with Crippen LogP contribution < -0.4 is 0 Å². The Morgan fingerprint density at radius 2 is 2.11 bits per heavy atom. The van der Waals surface area contributed by atoms with Crippen molar-refractivity contribution in [2.75, 3.05) is 11.5 Å². The number of aromatic nitrogens is 2. The molecule has 0 bridgehead atoms. The molecule has 1 aliphatic rings. The molecule has 0 amide bonds. The van der Waals surface area contributed by atoms with Crippen molar-refractivity contribution in [3.8, 4) is 0 Å². The smallest absolute Gasteiger partial charge is 0.178 e. The maximum Gasteiger partial charge on any atom is 0.178 e. The molecular weight excluding hydrogens is 307 g/mol. The molecule has 0 atom stereocenters. The third kappa shape index (κ3) is 2.37. The number of imidazole rings is 1. The van der Waals surface area contributed by atoms with E-state index in [1.165, 1.54) is 6.07 Å². The predicted molar refractivity (Wildman–Crippen MR) is 78.2 cm³/mol. The van der Waals surface area contributed by atoms with Crippen LogP contribution in [-0.2, 0) is 10.8 Å². The van der Waals surface area contributed by atoms with E-state index >= 15 is 0 Å². The summed E-state index contributed by atoms with van der Waals surface area (Å²) in [5.74, 6) is 0.921. The molecule has 0 radical (unpaired) electrons. The Morgan fingerprint density at radius 3 is 2.79 bits per heavy atom. The normalized spacial score (nSPS) is 23.9. The van der Waals surface area contributed by atoms with E-state index in [2.05, 4.69) is 4.98 Å². The molecule has 7 heteroatoms. The van der Waals surface area contributed by atoms with Crippen molar-refractivity contribution >= 4 is 45.7 Å². The minimum absolute atomic E-state index is 0.0923. The third-order valence-corrected chi connectivity index (χ3v) is 5.45. The Hall–Kier alpha value is -0.720. The van der Waals surface area contributed by atoms with Crippen molar-refractivity contribution in [1.82, 2.24) is 9.55 Å². The van der Waals surface area contributed by atoms with Crippen molar-refractivity contribution < 1.29 is 8.60 Å². The van der Waals surface area contributed by atoms with Gasteiger partial charge >= 0.3 is 0 Å². The van der Waals surface area contributed by atoms with Crippen LogP contribution in [0.5, 0.6) is 0 Å². The number of benzene rings is 1. The van der Waals surface area contributed by atoms with Crippen molar-refractivity contribution in [2.24, 2.45) is 0 Å². The predicted octanol–water partition coefficient (Wildman–Crippen LogP) is 3.57. The molecule has 19 heavy (non-hydrogen) atoms. The highest BCUT2D eigenvalue weighted by Crippen LogP contribution is 2.29. The summed E-state index contributed by atoms with van der Waals surface area (Å²) in [5, 5.41) is 0.0923. The summed E-state index contributed by atoms with van der Waals surface area (Å²) >= 11 is 11.2. The molecule has 1 saturated heterocycles. The summed E-state index contributed by atoms with van der Waals surface area (Å²) < 4.78 is 27.4. The summed E-state index contributed by atoms with van der Waals surface area (Å²) in [5.41, 5.74) is 1.47. The first-order valence-electron chi connectivity index (χ1n) is 6.00. The molecule has 3 nitrogen and oxygen atoms in total. The maximum atomic E-state index is 13.4. The van der Waals surface area contributed by atoms with Crippen LogP contribution >= 0.6 is 23.8 Å². The van der Waals surface area contributed by atoms with Gasteiger partial charge < -0.3 is 9.55 Å². The van der Waals surface area contributed by atoms with E-state index in [1.54, 1.807) is 6.07 Å². The van der Waals surface area contributed by atoms with Crippen LogP contribution in [0.4, 0.5) is 4.39 Å². The highest BCUT2D eigenvalue weighted by atomic mass is 35.5. The second-order valence-electron chi connectivity index (χ2n) is 4.66. The van der Waals surface area contributed by atoms with Gasteiger partial charge in [-0.3, -0.25) is 4.21 Å². The lowest BCUT2D eigenvalue weighted by molar-refractivity contribution is 0.468. The lowest BCUT2D eigenvalue weighted by Gasteiger charge is -2.23. The molecule has 1 fully saturated rings. The first-order valence-corrected chi connectivity index (χ1v) is 8.28. The monoisotopic (exact) mass is 318 g/mol. The summed E-state index contributed by atoms with van der Waals surface area (Å²) in [4.78, 5) is 3.01. The third-order valence-electron chi connectivity index (χ3n) is 3.48. The minimum atomic E-state index is -0.715. The molecule has 1 N–H and O–H groups in total. The molecule has 0 unspecified atom stereocenters. The van der Waals surface area contributed by atoms with Crippen LogP contribution in [0.3, 0.4) is 0 Å². The van der Waals surface area contributed by atoms with Gasteiger partial charge in [-0.25, -0.2) is 4.39 Å². The summed E-state index contributed by atoms with van der Waals surface area (Å²) in [6.45, 7) is 0. The first-order chi connectivity index (χ1) is 9.06. The van der Waals surface area contributed by atoms with E-state index in [-0.39, 0.29) is 11.1 Å². The Balaban J connectivity index is 2.12. The van der Waals surface area contributed by atoms with Gasteiger partial charge in [0.15, 0.2) is 4.77 Å². The fourth-order valence-corrected chi connectivity index (χ4v) is 4.31. The van der Waals surface area contributed by atoms with Gasteiger partial charge in [-0.05, 0) is 31.1 Å². The van der Waals surface area contributed by atoms with Gasteiger partial charge in [0.1, 0.15) is 5.82 Å². The molecule has 0 spiro atoms. The number of nitrogens with zero attached hydrogens (tertiary/aromatic N) is 1. The SMILES string of the molecule is O=S1CCC(n2c(=S)[nH]c3cc(F)c(Cl)cc32)CC1. The van der Waals surface area contributed by atoms with E-state index in [1.807, 2.05) is 4.57 Å². The second kappa shape index (κ2) is 5.00. The van der Waals surface area contributed by atoms with Gasteiger partial charge in [-0.2, -0.15) is 0 Å². The number of hydrogen-bond acceptors (Lipinski definition) is 2. The molecule has 2 aromatic rings. The average Bonchev–Trinajstić information content (AvgIpc) is 2.67. The van der Waals surface area contributed by atoms with Gasteiger partial charge in [0.25, 0.3) is 0 Å². The van der Waals surface area contributed by atoms with Crippen LogP contribution in [0.1, 0.15) is 18.9 Å². The van der Waals surface area contributed by atoms with Gasteiger partial charge in [0.05, 0.1) is 16.1 Å². The number of hydrogen-bond donors (Lipinski definition) is 1. The average molecular weight is 319 g/mol. The molecule has 1 aliphatic heterocycles. The Morgan fingerprint density at radius 1 is 1.42 bits per heavy atom. The minimum Gasteiger partial charge on any atom is -0.330 e. The van der Waals surface area contributed by atoms with E-state index in [0.717, 1.165) is 18.4 Å². The number of fused-ring (bicyclic) bond motifs is 1. The molecule has 1 aromatic carbocycles. The largest absolute Gasteiger partial charge is 0.330 e. The Bertz CT molecular complexity index is 714. The quantitative estimate of drug-likeness (QED) is 0.816. The number of nitrogens with one attached hydrogen (secondary N) is 1. The fourth-order valence-electron chi connectivity index (χ4n) is 2.52. The first kappa shape index (κ1) is 13.3. The van der Waals surface area contributed by atoms with Gasteiger partial charge in [-0.15, -0.1) is 0 Å². The zero-order chi connectivity index (χ0) is 13.6. The standard InChI is InChI=1S/C12H12ClFN2OS2/c13-8-5-11-10(6-9(8)14)15-12(18)16(11)7-1-3-19(17)4-2-7/h5-7H,1-4H2,(H,15,18). The van der Waals surface area contributed by atoms with Crippen LogP contribution in [0, 0.1) is 10.6 Å². The zero-order valence-electron chi connectivity index (χ0n) is 9.99. The highest BCUT2D eigenvalue weighted by molar-refractivity contribution is 7.85. The summed E-state index contributed by atoms with van der Waals surface area (Å²) in [6, 6.07) is 3.18. The van der Waals surface area contributed by atoms with E-state index in [9.17, 15) is 8.60 Å². The van der Waals surface area contributed by atoms with Crippen LogP contribution in [0.25, 0.3) is 11.0 Å². The molecule has 0 aliphatic carbocycles. The number of H-pyrrole nitrogens is 1.